The first-order valence-corrected chi connectivity index (χ1v) is 25.1. The molecule has 60 heavy (non-hydrogen) atoms. The van der Waals surface area contributed by atoms with Crippen molar-refractivity contribution in [1.82, 2.24) is 0 Å². The van der Waals surface area contributed by atoms with E-state index in [4.69, 9.17) is 18.3 Å². The van der Waals surface area contributed by atoms with Gasteiger partial charge in [0.15, 0.2) is 0 Å². The highest BCUT2D eigenvalue weighted by Gasteiger charge is 2.38. The van der Waals surface area contributed by atoms with Gasteiger partial charge < -0.3 is 18.3 Å². The minimum Gasteiger partial charge on any atom is -0.462 e. The Hall–Kier alpha value is -2.69. The van der Waals surface area contributed by atoms with Gasteiger partial charge >= 0.3 is 14.6 Å². The first-order valence-electron chi connectivity index (χ1n) is 23.2. The van der Waals surface area contributed by atoms with Crippen molar-refractivity contribution in [3.05, 3.63) is 75.3 Å². The lowest BCUT2D eigenvalue weighted by Gasteiger charge is -2.34. The van der Waals surface area contributed by atoms with Gasteiger partial charge in [-0.1, -0.05) is 197 Å². The number of hydrogen-bond acceptors (Lipinski definition) is 6. The van der Waals surface area contributed by atoms with Gasteiger partial charge in [0.2, 0.25) is 0 Å². The molecule has 4 rings (SSSR count). The second-order valence-electron chi connectivity index (χ2n) is 21.5. The van der Waals surface area contributed by atoms with Crippen LogP contribution in [0.4, 0.5) is 0 Å². The molecule has 0 N–H and O–H groups in total. The van der Waals surface area contributed by atoms with Crippen LogP contribution in [0.3, 0.4) is 0 Å². The average molecular weight is 861 g/mol. The molecule has 0 aromatic heterocycles. The number of esters is 1. The molecule has 0 saturated carbocycles. The van der Waals surface area contributed by atoms with E-state index in [9.17, 15) is 4.79 Å². The summed E-state index contributed by atoms with van der Waals surface area (Å²) in [6.45, 7) is 33.4. The molecule has 7 heteroatoms. The molecule has 1 heterocycles. The Morgan fingerprint density at radius 1 is 0.533 bits per heavy atom. The van der Waals surface area contributed by atoms with Crippen LogP contribution in [-0.4, -0.2) is 12.6 Å². The number of carbonyl (C=O) groups excluding carboxylic acids is 1. The summed E-state index contributed by atoms with van der Waals surface area (Å²) in [5, 5.41) is 0. The fourth-order valence-corrected chi connectivity index (χ4v) is 10.3. The third-order valence-electron chi connectivity index (χ3n) is 11.4. The predicted molar refractivity (Wildman–Crippen MR) is 257 cm³/mol. The molecule has 0 fully saturated rings. The highest BCUT2D eigenvalue weighted by Crippen LogP contribution is 2.58. The third kappa shape index (κ3) is 14.4. The highest BCUT2D eigenvalue weighted by molar-refractivity contribution is 7.99. The van der Waals surface area contributed by atoms with Crippen molar-refractivity contribution in [1.29, 1.82) is 0 Å². The number of benzene rings is 3. The van der Waals surface area contributed by atoms with Gasteiger partial charge in [0.05, 0.1) is 22.0 Å². The minimum absolute atomic E-state index is 0.190. The maximum atomic E-state index is 13.8. The zero-order chi connectivity index (χ0) is 44.5. The predicted octanol–water partition coefficient (Wildman–Crippen LogP) is 17.4. The van der Waals surface area contributed by atoms with Gasteiger partial charge in [-0.2, -0.15) is 0 Å². The van der Waals surface area contributed by atoms with Gasteiger partial charge in [-0.15, -0.1) is 0 Å². The number of unbranched alkanes of at least 4 members (excludes halogenated alkanes) is 13. The molecular weight excluding hydrogens is 780 g/mol. The number of aryl methyl sites for hydroxylation is 2. The normalized spacial score (nSPS) is 13.8. The van der Waals surface area contributed by atoms with Crippen LogP contribution >= 0.6 is 20.4 Å². The molecule has 0 saturated heterocycles. The van der Waals surface area contributed by atoms with Crippen molar-refractivity contribution in [2.24, 2.45) is 0 Å². The molecule has 5 nitrogen and oxygen atoms in total. The average Bonchev–Trinajstić information content (AvgIpc) is 3.12. The lowest BCUT2D eigenvalue weighted by Crippen LogP contribution is -2.22. The van der Waals surface area contributed by atoms with Crippen molar-refractivity contribution < 1.29 is 23.1 Å². The van der Waals surface area contributed by atoms with Crippen LogP contribution in [0.5, 0.6) is 17.2 Å². The van der Waals surface area contributed by atoms with Crippen molar-refractivity contribution in [3.63, 3.8) is 0 Å². The first-order chi connectivity index (χ1) is 28.0. The Morgan fingerprint density at radius 2 is 0.900 bits per heavy atom. The molecule has 0 spiro atoms. The van der Waals surface area contributed by atoms with E-state index >= 15 is 0 Å². The van der Waals surface area contributed by atoms with Crippen molar-refractivity contribution >= 4 is 26.3 Å². The number of fused-ring (bicyclic) bond motifs is 2. The minimum atomic E-state index is -2.02. The van der Waals surface area contributed by atoms with E-state index in [0.29, 0.717) is 17.9 Å². The maximum absolute atomic E-state index is 13.8. The Morgan fingerprint density at radius 3 is 1.27 bits per heavy atom. The lowest BCUT2D eigenvalue weighted by atomic mass is 9.78. The number of rotatable bonds is 18. The Kier molecular flexibility index (Phi) is 18.0. The number of ether oxygens (including phenoxy) is 1. The molecule has 0 atom stereocenters. The number of hydrogen-bond donors (Lipinski definition) is 0. The molecule has 1 aliphatic rings. The van der Waals surface area contributed by atoms with E-state index < -0.39 is 8.60 Å². The van der Waals surface area contributed by atoms with E-state index in [1.165, 1.54) is 88.2 Å². The molecular formula is C53H81O5PS. The van der Waals surface area contributed by atoms with Crippen LogP contribution in [0.1, 0.15) is 224 Å². The van der Waals surface area contributed by atoms with E-state index in [1.807, 2.05) is 12.1 Å². The van der Waals surface area contributed by atoms with Crippen molar-refractivity contribution in [2.45, 2.75) is 225 Å². The fourth-order valence-electron chi connectivity index (χ4n) is 7.84. The largest absolute Gasteiger partial charge is 0.530 e. The fraction of sp³-hybridized carbons (Fsp3) is 0.642. The van der Waals surface area contributed by atoms with Crippen LogP contribution < -0.4 is 13.6 Å². The van der Waals surface area contributed by atoms with Gasteiger partial charge in [-0.25, -0.2) is 4.79 Å². The first kappa shape index (κ1) is 50.0. The van der Waals surface area contributed by atoms with Crippen LogP contribution in [0.25, 0.3) is 0 Å². The van der Waals surface area contributed by atoms with Crippen LogP contribution in [0.15, 0.2) is 46.2 Å². The van der Waals surface area contributed by atoms with Gasteiger partial charge in [0.25, 0.3) is 0 Å². The zero-order valence-electron chi connectivity index (χ0n) is 40.5. The second-order valence-corrected chi connectivity index (χ2v) is 23.6. The highest BCUT2D eigenvalue weighted by atomic mass is 32.2. The summed E-state index contributed by atoms with van der Waals surface area (Å²) >= 11 is 1.71. The summed E-state index contributed by atoms with van der Waals surface area (Å²) in [5.41, 5.74) is 5.87. The quantitative estimate of drug-likeness (QED) is 0.0721. The molecule has 0 bridgehead atoms. The summed E-state index contributed by atoms with van der Waals surface area (Å²) in [7, 11) is -2.02. The van der Waals surface area contributed by atoms with Crippen LogP contribution in [0, 0.1) is 13.8 Å². The number of carbonyl (C=O) groups is 1. The summed E-state index contributed by atoms with van der Waals surface area (Å²) in [6.07, 6.45) is 18.1. The van der Waals surface area contributed by atoms with Crippen molar-refractivity contribution in [2.75, 3.05) is 6.61 Å². The molecule has 0 aliphatic carbocycles. The SMILES string of the molecule is CCCCCCCCCCCCCCCCOC(=O)c1cc(C(C)(C)C)c(OP2Oc3c(cc(C)cc3C(C)(C)C)Sc3cc(C)cc(C(C)(C)C)c3O2)c(C(C)(C)C)c1. The Bertz CT molecular complexity index is 1760. The molecule has 0 unspecified atom stereocenters. The molecule has 0 radical (unpaired) electrons. The van der Waals surface area contributed by atoms with Crippen LogP contribution in [0.2, 0.25) is 0 Å². The Balaban J connectivity index is 1.58. The third-order valence-corrected chi connectivity index (χ3v) is 13.4. The van der Waals surface area contributed by atoms with Gasteiger partial charge in [0, 0.05) is 22.3 Å². The lowest BCUT2D eigenvalue weighted by molar-refractivity contribution is 0.0497. The summed E-state index contributed by atoms with van der Waals surface area (Å²) in [4.78, 5) is 15.9. The molecule has 3 aromatic rings. The zero-order valence-corrected chi connectivity index (χ0v) is 42.2. The standard InChI is InChI=1S/C53H81O5PS/c1-16-17-18-19-20-21-22-23-24-25-26-27-28-29-30-55-49(54)39-35-42(52(10,11)12)46(43(36-39)53(13,14)15)56-59-57-47-40(50(4,5)6)31-37(2)33-44(47)60-45-34-38(3)32-41(48(45)58-59)51(7,8)9/h31-36H,16-30H2,1-15H3. The van der Waals surface area contributed by atoms with E-state index in [1.54, 1.807) is 11.8 Å². The topological polar surface area (TPSA) is 54.0 Å². The van der Waals surface area contributed by atoms with E-state index in [2.05, 4.69) is 128 Å². The van der Waals surface area contributed by atoms with Crippen molar-refractivity contribution in [3.8, 4) is 17.2 Å². The second kappa shape index (κ2) is 21.6. The van der Waals surface area contributed by atoms with Crippen LogP contribution in [-0.2, 0) is 26.4 Å². The van der Waals surface area contributed by atoms with Gasteiger partial charge in [-0.3, -0.25) is 0 Å². The van der Waals surface area contributed by atoms with E-state index in [0.717, 1.165) is 56.4 Å². The maximum Gasteiger partial charge on any atom is 0.530 e. The molecule has 1 aliphatic heterocycles. The monoisotopic (exact) mass is 861 g/mol. The molecule has 0 amide bonds. The van der Waals surface area contributed by atoms with Gasteiger partial charge in [-0.05, 0) is 77.3 Å². The summed E-state index contributed by atoms with van der Waals surface area (Å²) < 4.78 is 27.3. The summed E-state index contributed by atoms with van der Waals surface area (Å²) in [5.74, 6) is 2.01. The molecule has 3 aromatic carbocycles. The smallest absolute Gasteiger partial charge is 0.462 e. The molecule has 334 valence electrons. The Labute approximate surface area is 372 Å². The van der Waals surface area contributed by atoms with Gasteiger partial charge in [0.1, 0.15) is 17.2 Å². The van der Waals surface area contributed by atoms with E-state index in [-0.39, 0.29) is 27.6 Å². The summed E-state index contributed by atoms with van der Waals surface area (Å²) in [6, 6.07) is 12.8.